The van der Waals surface area contributed by atoms with Crippen molar-refractivity contribution in [1.29, 1.82) is 0 Å². The summed E-state index contributed by atoms with van der Waals surface area (Å²) in [6.07, 6.45) is 1.71. The predicted molar refractivity (Wildman–Crippen MR) is 48.3 cm³/mol. The van der Waals surface area contributed by atoms with Crippen molar-refractivity contribution in [2.75, 3.05) is 0 Å². The number of fused-ring (bicyclic) bond motifs is 3. The maximum absolute atomic E-state index is 3.93. The van der Waals surface area contributed by atoms with Gasteiger partial charge in [0.05, 0.1) is 10.9 Å². The van der Waals surface area contributed by atoms with Crippen LogP contribution < -0.4 is 0 Å². The highest BCUT2D eigenvalue weighted by Crippen LogP contribution is 2.22. The summed E-state index contributed by atoms with van der Waals surface area (Å²) >= 11 is 1.31. The average Bonchev–Trinajstić information content (AvgIpc) is 2.65. The van der Waals surface area contributed by atoms with Crippen molar-refractivity contribution in [2.45, 2.75) is 0 Å². The Bertz CT molecular complexity index is 575. The van der Waals surface area contributed by atoms with Crippen LogP contribution in [0, 0.1) is 0 Å². The number of aromatic nitrogens is 5. The molecule has 0 spiro atoms. The number of benzene rings is 1. The Morgan fingerprint density at radius 1 is 1.15 bits per heavy atom. The summed E-state index contributed by atoms with van der Waals surface area (Å²) in [5, 5.41) is 16.2. The second-order valence-corrected chi connectivity index (χ2v) is 3.31. The number of hydrogen-bond acceptors (Lipinski definition) is 6. The van der Waals surface area contributed by atoms with Gasteiger partial charge < -0.3 is 0 Å². The van der Waals surface area contributed by atoms with Crippen LogP contribution in [-0.2, 0) is 0 Å². The fraction of sp³-hybridized carbons (Fsp3) is 0. The van der Waals surface area contributed by atoms with Crippen LogP contribution >= 0.6 is 11.5 Å². The molecule has 0 N–H and O–H groups in total. The molecule has 0 aliphatic carbocycles. The molecule has 0 saturated carbocycles. The minimum atomic E-state index is 0.803. The molecule has 5 nitrogen and oxygen atoms in total. The molecule has 0 radical (unpaired) electrons. The normalized spacial score (nSPS) is 11.1. The maximum Gasteiger partial charge on any atom is 0.134 e. The first-order valence-electron chi connectivity index (χ1n) is 3.64. The van der Waals surface area contributed by atoms with Gasteiger partial charge in [0.25, 0.3) is 0 Å². The Labute approximate surface area is 76.6 Å². The van der Waals surface area contributed by atoms with Gasteiger partial charge in [0, 0.05) is 5.39 Å². The smallest absolute Gasteiger partial charge is 0.134 e. The zero-order valence-electron chi connectivity index (χ0n) is 6.38. The zero-order valence-corrected chi connectivity index (χ0v) is 7.19. The minimum Gasteiger partial charge on any atom is -0.147 e. The molecule has 0 fully saturated rings. The largest absolute Gasteiger partial charge is 0.147 e. The Morgan fingerprint density at radius 2 is 2.15 bits per heavy atom. The van der Waals surface area contributed by atoms with E-state index in [1.807, 2.05) is 12.1 Å². The van der Waals surface area contributed by atoms with E-state index in [4.69, 9.17) is 0 Å². The molecule has 3 aromatic rings. The molecule has 3 rings (SSSR count). The van der Waals surface area contributed by atoms with Gasteiger partial charge in [-0.3, -0.25) is 0 Å². The number of nitrogens with zero attached hydrogens (tertiary/aromatic N) is 5. The molecule has 2 aromatic heterocycles. The Kier molecular flexibility index (Phi) is 1.25. The summed E-state index contributed by atoms with van der Waals surface area (Å²) in [4.78, 5) is 0. The number of rotatable bonds is 0. The molecule has 0 amide bonds. The highest BCUT2D eigenvalue weighted by Gasteiger charge is 2.04. The maximum atomic E-state index is 3.93. The van der Waals surface area contributed by atoms with Gasteiger partial charge in [-0.1, -0.05) is 4.49 Å². The standard InChI is InChI=1S/C7H3N5S/c1-2-5-6(10-11-9-5)7-4(1)3-8-12-13-7/h1-3H. The molecular formula is C7H3N5S. The van der Waals surface area contributed by atoms with Crippen molar-refractivity contribution in [3.63, 3.8) is 0 Å². The van der Waals surface area contributed by atoms with Crippen LogP contribution in [0.25, 0.3) is 21.1 Å². The lowest BCUT2D eigenvalue weighted by molar-refractivity contribution is 0.960. The lowest BCUT2D eigenvalue weighted by atomic mass is 10.2. The summed E-state index contributed by atoms with van der Waals surface area (Å²) in [6.45, 7) is 0. The van der Waals surface area contributed by atoms with Crippen LogP contribution in [0.4, 0.5) is 0 Å². The summed E-state index contributed by atoms with van der Waals surface area (Å²) < 4.78 is 4.82. The molecule has 0 aliphatic heterocycles. The fourth-order valence-corrected chi connectivity index (χ4v) is 1.85. The van der Waals surface area contributed by atoms with Gasteiger partial charge in [0.1, 0.15) is 11.0 Å². The van der Waals surface area contributed by atoms with E-state index >= 15 is 0 Å². The molecule has 6 heteroatoms. The van der Waals surface area contributed by atoms with Crippen LogP contribution in [0.15, 0.2) is 18.3 Å². The molecule has 0 bridgehead atoms. The quantitative estimate of drug-likeness (QED) is 0.528. The lowest BCUT2D eigenvalue weighted by Gasteiger charge is -1.92. The molecule has 2 heterocycles. The van der Waals surface area contributed by atoms with Gasteiger partial charge in [-0.15, -0.1) is 15.3 Å². The van der Waals surface area contributed by atoms with Crippen LogP contribution in [0.2, 0.25) is 0 Å². The Hall–Kier alpha value is -1.69. The van der Waals surface area contributed by atoms with Crippen molar-refractivity contribution >= 4 is 32.7 Å². The van der Waals surface area contributed by atoms with E-state index in [2.05, 4.69) is 25.0 Å². The second-order valence-electron chi connectivity index (χ2n) is 2.56. The third-order valence-electron chi connectivity index (χ3n) is 1.81. The topological polar surface area (TPSA) is 64.5 Å². The van der Waals surface area contributed by atoms with Crippen molar-refractivity contribution in [2.24, 2.45) is 0 Å². The molecule has 0 atom stereocenters. The van der Waals surface area contributed by atoms with Crippen molar-refractivity contribution < 1.29 is 0 Å². The SMILES string of the molecule is c1cc2nnnc2c2snncc12. The average molecular weight is 189 g/mol. The first-order chi connectivity index (χ1) is 6.45. The molecule has 13 heavy (non-hydrogen) atoms. The second kappa shape index (κ2) is 2.40. The first-order valence-corrected chi connectivity index (χ1v) is 4.41. The van der Waals surface area contributed by atoms with Gasteiger partial charge in [0.15, 0.2) is 0 Å². The van der Waals surface area contributed by atoms with Crippen molar-refractivity contribution in [3.8, 4) is 0 Å². The van der Waals surface area contributed by atoms with E-state index in [0.717, 1.165) is 21.1 Å². The van der Waals surface area contributed by atoms with Gasteiger partial charge in [-0.25, -0.2) is 0 Å². The van der Waals surface area contributed by atoms with Gasteiger partial charge >= 0.3 is 0 Å². The Morgan fingerprint density at radius 3 is 3.15 bits per heavy atom. The summed E-state index contributed by atoms with van der Waals surface area (Å²) in [6, 6.07) is 3.82. The third kappa shape index (κ3) is 0.888. The minimum absolute atomic E-state index is 0.803. The Balaban J connectivity index is 2.65. The van der Waals surface area contributed by atoms with E-state index in [-0.39, 0.29) is 0 Å². The first kappa shape index (κ1) is 6.79. The van der Waals surface area contributed by atoms with Gasteiger partial charge in [-0.2, -0.15) is 0 Å². The van der Waals surface area contributed by atoms with E-state index < -0.39 is 0 Å². The molecule has 1 aromatic carbocycles. The van der Waals surface area contributed by atoms with Crippen molar-refractivity contribution in [3.05, 3.63) is 18.3 Å². The highest BCUT2D eigenvalue weighted by atomic mass is 32.1. The van der Waals surface area contributed by atoms with Gasteiger partial charge in [0.2, 0.25) is 0 Å². The van der Waals surface area contributed by atoms with Crippen molar-refractivity contribution in [1.82, 2.24) is 25.0 Å². The molecule has 0 saturated heterocycles. The van der Waals surface area contributed by atoms with Crippen LogP contribution in [0.5, 0.6) is 0 Å². The van der Waals surface area contributed by atoms with Crippen LogP contribution in [0.3, 0.4) is 0 Å². The summed E-state index contributed by atoms with van der Waals surface area (Å²) in [5.74, 6) is 0. The molecule has 0 unspecified atom stereocenters. The lowest BCUT2D eigenvalue weighted by Crippen LogP contribution is -1.78. The molecule has 62 valence electrons. The van der Waals surface area contributed by atoms with E-state index in [9.17, 15) is 0 Å². The van der Waals surface area contributed by atoms with Crippen LogP contribution in [-0.4, -0.2) is 25.0 Å². The third-order valence-corrected chi connectivity index (χ3v) is 2.60. The number of hydrogen-bond donors (Lipinski definition) is 0. The van der Waals surface area contributed by atoms with E-state index in [1.54, 1.807) is 6.20 Å². The summed E-state index contributed by atoms with van der Waals surface area (Å²) in [5.41, 5.74) is 1.61. The van der Waals surface area contributed by atoms with Crippen LogP contribution in [0.1, 0.15) is 0 Å². The molecule has 0 aliphatic rings. The highest BCUT2D eigenvalue weighted by molar-refractivity contribution is 7.13. The van der Waals surface area contributed by atoms with E-state index in [1.165, 1.54) is 11.5 Å². The molecular weight excluding hydrogens is 186 g/mol. The fourth-order valence-electron chi connectivity index (χ4n) is 1.22. The monoisotopic (exact) mass is 189 g/mol. The summed E-state index contributed by atoms with van der Waals surface area (Å²) in [7, 11) is 0. The predicted octanol–water partition coefficient (Wildman–Crippen LogP) is 1.03. The van der Waals surface area contributed by atoms with Gasteiger partial charge in [-0.05, 0) is 28.9 Å². The van der Waals surface area contributed by atoms with E-state index in [0.29, 0.717) is 0 Å². The zero-order chi connectivity index (χ0) is 8.67.